The highest BCUT2D eigenvalue weighted by Crippen LogP contribution is 2.32. The van der Waals surface area contributed by atoms with Crippen molar-refractivity contribution in [3.05, 3.63) is 23.8 Å². The van der Waals surface area contributed by atoms with Gasteiger partial charge in [-0.3, -0.25) is 14.4 Å². The maximum Gasteiger partial charge on any atom is 0.325 e. The van der Waals surface area contributed by atoms with Gasteiger partial charge in [0.15, 0.2) is 18.1 Å². The van der Waals surface area contributed by atoms with Crippen LogP contribution < -0.4 is 20.1 Å². The molecule has 0 saturated carbocycles. The molecule has 0 fully saturated rings. The Labute approximate surface area is 156 Å². The molecular formula is C18H21N3O6. The van der Waals surface area contributed by atoms with Gasteiger partial charge < -0.3 is 24.8 Å². The summed E-state index contributed by atoms with van der Waals surface area (Å²) in [6.07, 6.45) is 0. The lowest BCUT2D eigenvalue weighted by Gasteiger charge is -2.27. The number of nitrogens with zero attached hydrogens (tertiary/aromatic N) is 1. The summed E-state index contributed by atoms with van der Waals surface area (Å²) in [6, 6.07) is 6.66. The molecule has 1 aromatic rings. The minimum atomic E-state index is -1.06. The highest BCUT2D eigenvalue weighted by atomic mass is 16.7. The molecule has 0 aromatic heterocycles. The molecular weight excluding hydrogens is 354 g/mol. The molecule has 0 bridgehead atoms. The topological polar surface area (TPSA) is 127 Å². The van der Waals surface area contributed by atoms with E-state index in [2.05, 4.69) is 10.6 Å². The average Bonchev–Trinajstić information content (AvgIpc) is 3.11. The molecule has 0 spiro atoms. The fraction of sp³-hybridized carbons (Fsp3) is 0.444. The Morgan fingerprint density at radius 3 is 2.67 bits per heavy atom. The van der Waals surface area contributed by atoms with Crippen LogP contribution in [-0.4, -0.2) is 43.3 Å². The van der Waals surface area contributed by atoms with Crippen molar-refractivity contribution in [3.8, 4) is 17.6 Å². The Balaban J connectivity index is 1.77. The van der Waals surface area contributed by atoms with Gasteiger partial charge in [0.2, 0.25) is 6.79 Å². The molecule has 1 heterocycles. The second-order valence-corrected chi connectivity index (χ2v) is 6.43. The molecule has 0 radical (unpaired) electrons. The number of hydrogen-bond donors (Lipinski definition) is 2. The van der Waals surface area contributed by atoms with Gasteiger partial charge in [-0.2, -0.15) is 5.26 Å². The third kappa shape index (κ3) is 5.10. The number of ether oxygens (including phenoxy) is 3. The van der Waals surface area contributed by atoms with Gasteiger partial charge in [-0.15, -0.1) is 0 Å². The van der Waals surface area contributed by atoms with Gasteiger partial charge >= 0.3 is 5.97 Å². The first-order valence-corrected chi connectivity index (χ1v) is 8.31. The zero-order valence-corrected chi connectivity index (χ0v) is 15.3. The molecule has 0 aliphatic carbocycles. The Morgan fingerprint density at radius 1 is 1.30 bits per heavy atom. The SMILES string of the molecule is CC(C)[C@](C)(C#N)NC(=O)COC(=O)CNC(=O)c1ccc2c(c1)OCO2. The number of hydrogen-bond acceptors (Lipinski definition) is 7. The Hall–Kier alpha value is -3.28. The quantitative estimate of drug-likeness (QED) is 0.673. The summed E-state index contributed by atoms with van der Waals surface area (Å²) in [5, 5.41) is 14.1. The lowest BCUT2D eigenvalue weighted by Crippen LogP contribution is -2.50. The monoisotopic (exact) mass is 375 g/mol. The summed E-state index contributed by atoms with van der Waals surface area (Å²) >= 11 is 0. The maximum absolute atomic E-state index is 12.1. The van der Waals surface area contributed by atoms with E-state index in [0.717, 1.165) is 0 Å². The van der Waals surface area contributed by atoms with Crippen molar-refractivity contribution < 1.29 is 28.6 Å². The molecule has 9 nitrogen and oxygen atoms in total. The van der Waals surface area contributed by atoms with Gasteiger partial charge in [0, 0.05) is 5.56 Å². The van der Waals surface area contributed by atoms with Gasteiger partial charge in [-0.05, 0) is 31.0 Å². The van der Waals surface area contributed by atoms with Crippen LogP contribution in [0.15, 0.2) is 18.2 Å². The summed E-state index contributed by atoms with van der Waals surface area (Å²) in [5.74, 6) is -0.990. The van der Waals surface area contributed by atoms with Crippen LogP contribution >= 0.6 is 0 Å². The van der Waals surface area contributed by atoms with Gasteiger partial charge in [-0.1, -0.05) is 13.8 Å². The van der Waals surface area contributed by atoms with E-state index in [1.165, 1.54) is 12.1 Å². The van der Waals surface area contributed by atoms with Gasteiger partial charge in [0.25, 0.3) is 11.8 Å². The van der Waals surface area contributed by atoms with Crippen molar-refractivity contribution in [2.45, 2.75) is 26.3 Å². The molecule has 2 amide bonds. The van der Waals surface area contributed by atoms with E-state index < -0.39 is 36.5 Å². The predicted octanol–water partition coefficient (Wildman–Crippen LogP) is 0.743. The molecule has 2 rings (SSSR count). The summed E-state index contributed by atoms with van der Waals surface area (Å²) < 4.78 is 15.2. The lowest BCUT2D eigenvalue weighted by atomic mass is 9.90. The predicted molar refractivity (Wildman–Crippen MR) is 92.9 cm³/mol. The standard InChI is InChI=1S/C18H21N3O6/c1-11(2)18(3,9-19)21-15(22)8-25-16(23)7-20-17(24)12-4-5-13-14(6-12)27-10-26-13/h4-6,11H,7-8,10H2,1-3H3,(H,20,24)(H,21,22)/t18-/m0/s1. The van der Waals surface area contributed by atoms with Crippen molar-refractivity contribution >= 4 is 17.8 Å². The maximum atomic E-state index is 12.1. The van der Waals surface area contributed by atoms with Crippen molar-refractivity contribution in [3.63, 3.8) is 0 Å². The number of carbonyl (C=O) groups is 3. The Bertz CT molecular complexity index is 786. The fourth-order valence-electron chi connectivity index (χ4n) is 2.12. The van der Waals surface area contributed by atoms with E-state index in [1.54, 1.807) is 26.8 Å². The third-order valence-electron chi connectivity index (χ3n) is 4.18. The number of esters is 1. The van der Waals surface area contributed by atoms with Crippen molar-refractivity contribution in [1.29, 1.82) is 5.26 Å². The molecule has 1 atom stereocenters. The molecule has 1 aromatic carbocycles. The van der Waals surface area contributed by atoms with E-state index in [-0.39, 0.29) is 12.7 Å². The summed E-state index contributed by atoms with van der Waals surface area (Å²) in [7, 11) is 0. The highest BCUT2D eigenvalue weighted by Gasteiger charge is 2.30. The number of carbonyl (C=O) groups excluding carboxylic acids is 3. The Morgan fingerprint density at radius 2 is 2.00 bits per heavy atom. The number of nitriles is 1. The van der Waals surface area contributed by atoms with E-state index in [4.69, 9.17) is 19.5 Å². The normalized spacial score (nSPS) is 14.0. The van der Waals surface area contributed by atoms with Gasteiger partial charge in [0.05, 0.1) is 6.07 Å². The van der Waals surface area contributed by atoms with E-state index in [9.17, 15) is 14.4 Å². The molecule has 1 aliphatic rings. The first kappa shape index (κ1) is 20.0. The zero-order valence-electron chi connectivity index (χ0n) is 15.3. The zero-order chi connectivity index (χ0) is 20.0. The fourth-order valence-corrected chi connectivity index (χ4v) is 2.12. The molecule has 1 aliphatic heterocycles. The number of rotatable bonds is 7. The third-order valence-corrected chi connectivity index (χ3v) is 4.18. The van der Waals surface area contributed by atoms with E-state index >= 15 is 0 Å². The van der Waals surface area contributed by atoms with Crippen molar-refractivity contribution in [2.75, 3.05) is 19.9 Å². The molecule has 144 valence electrons. The first-order valence-electron chi connectivity index (χ1n) is 8.31. The minimum absolute atomic E-state index is 0.0937. The van der Waals surface area contributed by atoms with Crippen LogP contribution in [0.4, 0.5) is 0 Å². The molecule has 9 heteroatoms. The van der Waals surface area contributed by atoms with Crippen LogP contribution in [0.3, 0.4) is 0 Å². The average molecular weight is 375 g/mol. The number of nitrogens with one attached hydrogen (secondary N) is 2. The summed E-state index contributed by atoms with van der Waals surface area (Å²) in [4.78, 5) is 35.6. The first-order chi connectivity index (χ1) is 12.7. The molecule has 27 heavy (non-hydrogen) atoms. The lowest BCUT2D eigenvalue weighted by molar-refractivity contribution is -0.147. The highest BCUT2D eigenvalue weighted by molar-refractivity contribution is 5.96. The summed E-state index contributed by atoms with van der Waals surface area (Å²) in [5.41, 5.74) is -0.761. The number of amides is 2. The van der Waals surface area contributed by atoms with Gasteiger partial charge in [-0.25, -0.2) is 0 Å². The van der Waals surface area contributed by atoms with E-state index in [0.29, 0.717) is 17.1 Å². The molecule has 2 N–H and O–H groups in total. The largest absolute Gasteiger partial charge is 0.454 e. The summed E-state index contributed by atoms with van der Waals surface area (Å²) in [6.45, 7) is 4.32. The van der Waals surface area contributed by atoms with Crippen LogP contribution in [0.25, 0.3) is 0 Å². The number of fused-ring (bicyclic) bond motifs is 1. The van der Waals surface area contributed by atoms with Crippen LogP contribution in [-0.2, 0) is 14.3 Å². The van der Waals surface area contributed by atoms with Crippen molar-refractivity contribution in [2.24, 2.45) is 5.92 Å². The van der Waals surface area contributed by atoms with E-state index in [1.807, 2.05) is 6.07 Å². The van der Waals surface area contributed by atoms with Crippen molar-refractivity contribution in [1.82, 2.24) is 10.6 Å². The number of benzene rings is 1. The second kappa shape index (κ2) is 8.40. The van der Waals surface area contributed by atoms with Crippen LogP contribution in [0, 0.1) is 17.2 Å². The van der Waals surface area contributed by atoms with Crippen LogP contribution in [0.5, 0.6) is 11.5 Å². The molecule has 0 saturated heterocycles. The van der Waals surface area contributed by atoms with Crippen LogP contribution in [0.1, 0.15) is 31.1 Å². The van der Waals surface area contributed by atoms with Gasteiger partial charge in [0.1, 0.15) is 12.1 Å². The second-order valence-electron chi connectivity index (χ2n) is 6.43. The Kier molecular flexibility index (Phi) is 6.23. The smallest absolute Gasteiger partial charge is 0.325 e. The van der Waals surface area contributed by atoms with Crippen LogP contribution in [0.2, 0.25) is 0 Å². The molecule has 0 unspecified atom stereocenters. The minimum Gasteiger partial charge on any atom is -0.454 e.